The number of rotatable bonds is 5. The molecule has 1 aromatic heterocycles. The number of amides is 1. The van der Waals surface area contributed by atoms with E-state index >= 15 is 0 Å². The second-order valence-corrected chi connectivity index (χ2v) is 4.71. The predicted molar refractivity (Wildman–Crippen MR) is 72.8 cm³/mol. The van der Waals surface area contributed by atoms with E-state index in [0.717, 1.165) is 24.4 Å². The molecule has 19 heavy (non-hydrogen) atoms. The summed E-state index contributed by atoms with van der Waals surface area (Å²) in [4.78, 5) is 19.0. The molecule has 0 atom stereocenters. The number of hydrogen-bond donors (Lipinski definition) is 3. The fourth-order valence-electron chi connectivity index (χ4n) is 1.82. The molecule has 0 aliphatic heterocycles. The first-order chi connectivity index (χ1) is 9.31. The molecule has 2 aromatic rings. The molecule has 1 saturated carbocycles. The lowest BCUT2D eigenvalue weighted by Crippen LogP contribution is -2.25. The number of benzene rings is 1. The zero-order chi connectivity index (χ0) is 13.1. The van der Waals surface area contributed by atoms with Gasteiger partial charge in [0, 0.05) is 29.7 Å². The van der Waals surface area contributed by atoms with Crippen molar-refractivity contribution in [2.75, 3.05) is 5.32 Å². The Morgan fingerprint density at radius 2 is 2.11 bits per heavy atom. The van der Waals surface area contributed by atoms with Gasteiger partial charge < -0.3 is 15.6 Å². The van der Waals surface area contributed by atoms with Gasteiger partial charge in [0.1, 0.15) is 5.82 Å². The molecule has 1 aromatic carbocycles. The zero-order valence-corrected chi connectivity index (χ0v) is 10.5. The fraction of sp³-hybridized carbons (Fsp3) is 0.286. The maximum Gasteiger partial charge on any atom is 0.251 e. The first-order valence-corrected chi connectivity index (χ1v) is 6.44. The van der Waals surface area contributed by atoms with Crippen LogP contribution in [0.1, 0.15) is 29.0 Å². The molecule has 5 heteroatoms. The average Bonchev–Trinajstić information content (AvgIpc) is 3.09. The molecule has 98 valence electrons. The van der Waals surface area contributed by atoms with Crippen LogP contribution in [0.2, 0.25) is 0 Å². The second kappa shape index (κ2) is 5.14. The lowest BCUT2D eigenvalue weighted by molar-refractivity contribution is 0.0951. The van der Waals surface area contributed by atoms with Crippen LogP contribution in [-0.4, -0.2) is 21.9 Å². The number of nitrogens with one attached hydrogen (secondary N) is 3. The van der Waals surface area contributed by atoms with Crippen molar-refractivity contribution in [3.8, 4) is 0 Å². The van der Waals surface area contributed by atoms with E-state index in [2.05, 4.69) is 20.6 Å². The van der Waals surface area contributed by atoms with Gasteiger partial charge in [-0.3, -0.25) is 4.79 Å². The molecule has 1 amide bonds. The van der Waals surface area contributed by atoms with E-state index in [4.69, 9.17) is 0 Å². The van der Waals surface area contributed by atoms with E-state index in [1.807, 2.05) is 24.3 Å². The Hall–Kier alpha value is -2.30. The van der Waals surface area contributed by atoms with Crippen molar-refractivity contribution >= 4 is 11.6 Å². The smallest absolute Gasteiger partial charge is 0.251 e. The molecule has 0 unspecified atom stereocenters. The second-order valence-electron chi connectivity index (χ2n) is 4.71. The molecule has 1 aliphatic carbocycles. The summed E-state index contributed by atoms with van der Waals surface area (Å²) < 4.78 is 0. The molecule has 1 fully saturated rings. The molecule has 0 radical (unpaired) electrons. The van der Waals surface area contributed by atoms with Gasteiger partial charge in [-0.1, -0.05) is 0 Å². The number of carbonyl (C=O) groups is 1. The first kappa shape index (κ1) is 11.8. The summed E-state index contributed by atoms with van der Waals surface area (Å²) in [5.41, 5.74) is 1.68. The average molecular weight is 256 g/mol. The highest BCUT2D eigenvalue weighted by Crippen LogP contribution is 2.19. The molecule has 0 bridgehead atoms. The highest BCUT2D eigenvalue weighted by Gasteiger charge is 2.23. The van der Waals surface area contributed by atoms with Crippen LogP contribution in [0.4, 0.5) is 5.69 Å². The lowest BCUT2D eigenvalue weighted by atomic mass is 10.2. The molecular weight excluding hydrogens is 240 g/mol. The van der Waals surface area contributed by atoms with Gasteiger partial charge in [0.25, 0.3) is 5.91 Å². The summed E-state index contributed by atoms with van der Waals surface area (Å²) in [6, 6.07) is 7.88. The number of aromatic amines is 1. The van der Waals surface area contributed by atoms with E-state index < -0.39 is 0 Å². The summed E-state index contributed by atoms with van der Waals surface area (Å²) in [6.07, 6.45) is 5.73. The number of aromatic nitrogens is 2. The van der Waals surface area contributed by atoms with Gasteiger partial charge in [-0.05, 0) is 37.1 Å². The van der Waals surface area contributed by atoms with Crippen molar-refractivity contribution in [3.63, 3.8) is 0 Å². The molecule has 3 rings (SSSR count). The minimum atomic E-state index is 0.0140. The summed E-state index contributed by atoms with van der Waals surface area (Å²) in [7, 11) is 0. The highest BCUT2D eigenvalue weighted by molar-refractivity contribution is 5.94. The van der Waals surface area contributed by atoms with Gasteiger partial charge >= 0.3 is 0 Å². The van der Waals surface area contributed by atoms with Crippen molar-refractivity contribution in [1.29, 1.82) is 0 Å². The molecule has 1 aliphatic rings. The first-order valence-electron chi connectivity index (χ1n) is 6.44. The van der Waals surface area contributed by atoms with E-state index in [9.17, 15) is 4.79 Å². The number of carbonyl (C=O) groups excluding carboxylic acids is 1. The lowest BCUT2D eigenvalue weighted by Gasteiger charge is -2.06. The van der Waals surface area contributed by atoms with Gasteiger partial charge in [-0.15, -0.1) is 0 Å². The Bertz CT molecular complexity index is 543. The van der Waals surface area contributed by atoms with Crippen LogP contribution >= 0.6 is 0 Å². The van der Waals surface area contributed by atoms with Crippen LogP contribution in [-0.2, 0) is 6.54 Å². The van der Waals surface area contributed by atoms with Crippen LogP contribution in [0.3, 0.4) is 0 Å². The van der Waals surface area contributed by atoms with E-state index in [1.165, 1.54) is 0 Å². The van der Waals surface area contributed by atoms with Gasteiger partial charge in [0.2, 0.25) is 0 Å². The summed E-state index contributed by atoms with van der Waals surface area (Å²) >= 11 is 0. The fourth-order valence-corrected chi connectivity index (χ4v) is 1.82. The maximum absolute atomic E-state index is 11.8. The third kappa shape index (κ3) is 3.13. The van der Waals surface area contributed by atoms with Gasteiger partial charge in [-0.2, -0.15) is 0 Å². The Labute approximate surface area is 111 Å². The van der Waals surface area contributed by atoms with Gasteiger partial charge in [0.05, 0.1) is 6.54 Å². The minimum Gasteiger partial charge on any atom is -0.378 e. The van der Waals surface area contributed by atoms with Gasteiger partial charge in [0.15, 0.2) is 0 Å². The monoisotopic (exact) mass is 256 g/mol. The number of nitrogens with zero attached hydrogens (tertiary/aromatic N) is 1. The quantitative estimate of drug-likeness (QED) is 0.765. The largest absolute Gasteiger partial charge is 0.378 e. The maximum atomic E-state index is 11.8. The SMILES string of the molecule is O=C(NC1CC1)c1ccc(NCc2ncc[nH]2)cc1. The van der Waals surface area contributed by atoms with Crippen molar-refractivity contribution in [2.24, 2.45) is 0 Å². The Kier molecular flexibility index (Phi) is 3.18. The topological polar surface area (TPSA) is 69.8 Å². The van der Waals surface area contributed by atoms with Crippen molar-refractivity contribution in [3.05, 3.63) is 48.0 Å². The van der Waals surface area contributed by atoms with Crippen LogP contribution in [0, 0.1) is 0 Å². The number of anilines is 1. The number of H-pyrrole nitrogens is 1. The third-order valence-corrected chi connectivity index (χ3v) is 3.07. The Morgan fingerprint density at radius 3 is 2.74 bits per heavy atom. The summed E-state index contributed by atoms with van der Waals surface area (Å²) in [6.45, 7) is 0.640. The summed E-state index contributed by atoms with van der Waals surface area (Å²) in [5.74, 6) is 0.899. The molecule has 0 spiro atoms. The highest BCUT2D eigenvalue weighted by atomic mass is 16.1. The van der Waals surface area contributed by atoms with E-state index in [-0.39, 0.29) is 5.91 Å². The van der Waals surface area contributed by atoms with Gasteiger partial charge in [-0.25, -0.2) is 4.98 Å². The molecule has 0 saturated heterocycles. The van der Waals surface area contributed by atoms with Crippen LogP contribution < -0.4 is 10.6 Å². The predicted octanol–water partition coefficient (Wildman–Crippen LogP) is 1.91. The van der Waals surface area contributed by atoms with Crippen LogP contribution in [0.15, 0.2) is 36.7 Å². The standard InChI is InChI=1S/C14H16N4O/c19-14(18-12-5-6-12)10-1-3-11(4-2-10)17-9-13-15-7-8-16-13/h1-4,7-8,12,17H,5-6,9H2,(H,15,16)(H,18,19). The van der Waals surface area contributed by atoms with Crippen molar-refractivity contribution < 1.29 is 4.79 Å². The third-order valence-electron chi connectivity index (χ3n) is 3.07. The molecule has 1 heterocycles. The molecular formula is C14H16N4O. The van der Waals surface area contributed by atoms with Crippen molar-refractivity contribution in [1.82, 2.24) is 15.3 Å². The minimum absolute atomic E-state index is 0.0140. The Morgan fingerprint density at radius 1 is 1.32 bits per heavy atom. The zero-order valence-electron chi connectivity index (χ0n) is 10.5. The number of hydrogen-bond acceptors (Lipinski definition) is 3. The normalized spacial score (nSPS) is 14.1. The van der Waals surface area contributed by atoms with E-state index in [0.29, 0.717) is 18.2 Å². The van der Waals surface area contributed by atoms with Crippen LogP contribution in [0.5, 0.6) is 0 Å². The molecule has 5 nitrogen and oxygen atoms in total. The molecule has 3 N–H and O–H groups in total. The van der Waals surface area contributed by atoms with Crippen LogP contribution in [0.25, 0.3) is 0 Å². The Balaban J connectivity index is 1.57. The van der Waals surface area contributed by atoms with E-state index in [1.54, 1.807) is 12.4 Å². The summed E-state index contributed by atoms with van der Waals surface area (Å²) in [5, 5.41) is 6.21. The van der Waals surface area contributed by atoms with Crippen molar-refractivity contribution in [2.45, 2.75) is 25.4 Å². The number of imidazole rings is 1.